The van der Waals surface area contributed by atoms with Crippen molar-refractivity contribution >= 4 is 12.8 Å². The van der Waals surface area contributed by atoms with Gasteiger partial charge >= 0.3 is 0 Å². The number of nitrogens with one attached hydrogen (secondary N) is 2. The molecule has 3 aromatic rings. The fourth-order valence-electron chi connectivity index (χ4n) is 1.15. The van der Waals surface area contributed by atoms with Crippen LogP contribution in [0.2, 0.25) is 0 Å². The summed E-state index contributed by atoms with van der Waals surface area (Å²) in [5.41, 5.74) is 0. The minimum atomic E-state index is 0.625. The van der Waals surface area contributed by atoms with Crippen LogP contribution in [0.3, 0.4) is 0 Å². The van der Waals surface area contributed by atoms with Crippen molar-refractivity contribution in [1.29, 1.82) is 0 Å². The van der Waals surface area contributed by atoms with Crippen LogP contribution >= 0.6 is 0 Å². The molecule has 0 saturated heterocycles. The highest BCUT2D eigenvalue weighted by molar-refractivity contribution is 5.45. The SMILES string of the molecule is CC.CCC.CCC.CNC=O.CNC=O.c1ccccc1.c1ccccc1.c1ccccc1. The van der Waals surface area contributed by atoms with Gasteiger partial charge < -0.3 is 10.6 Å². The van der Waals surface area contributed by atoms with Crippen LogP contribution in [0.1, 0.15) is 54.4 Å². The summed E-state index contributed by atoms with van der Waals surface area (Å²) in [4.78, 5) is 18.1. The number of rotatable bonds is 2. The van der Waals surface area contributed by atoms with Gasteiger partial charge in [-0.15, -0.1) is 0 Å². The van der Waals surface area contributed by atoms with Gasteiger partial charge in [0.05, 0.1) is 0 Å². The summed E-state index contributed by atoms with van der Waals surface area (Å²) in [6.45, 7) is 12.5. The monoisotopic (exact) mass is 470 g/mol. The lowest BCUT2D eigenvalue weighted by molar-refractivity contribution is -0.109. The van der Waals surface area contributed by atoms with Crippen molar-refractivity contribution in [3.05, 3.63) is 109 Å². The first kappa shape index (κ1) is 40.9. The summed E-state index contributed by atoms with van der Waals surface area (Å²) in [5.74, 6) is 0. The first-order valence-corrected chi connectivity index (χ1v) is 11.9. The Labute approximate surface area is 210 Å². The maximum absolute atomic E-state index is 9.06. The Morgan fingerprint density at radius 3 is 0.500 bits per heavy atom. The summed E-state index contributed by atoms with van der Waals surface area (Å²) < 4.78 is 0. The van der Waals surface area contributed by atoms with E-state index in [1.807, 2.05) is 123 Å². The van der Waals surface area contributed by atoms with Crippen LogP contribution in [-0.2, 0) is 9.59 Å². The Kier molecular flexibility index (Phi) is 68.6. The average molecular weight is 471 g/mol. The molecule has 0 spiro atoms. The highest BCUT2D eigenvalue weighted by Gasteiger charge is 1.59. The molecule has 0 saturated carbocycles. The third-order valence-corrected chi connectivity index (χ3v) is 2.24. The normalized spacial score (nSPS) is 6.71. The molecule has 0 unspecified atom stereocenters. The predicted molar refractivity (Wildman–Crippen MR) is 153 cm³/mol. The largest absolute Gasteiger partial charge is 0.362 e. The number of carbonyl (C=O) groups excluding carboxylic acids is 2. The van der Waals surface area contributed by atoms with Gasteiger partial charge in [0.1, 0.15) is 0 Å². The number of hydrogen-bond donors (Lipinski definition) is 2. The van der Waals surface area contributed by atoms with Crippen LogP contribution in [0.4, 0.5) is 0 Å². The van der Waals surface area contributed by atoms with Crippen molar-refractivity contribution < 1.29 is 9.59 Å². The van der Waals surface area contributed by atoms with Gasteiger partial charge in [0.15, 0.2) is 0 Å². The number of carbonyl (C=O) groups is 2. The molecule has 0 fully saturated rings. The lowest BCUT2D eigenvalue weighted by atomic mass is 10.4. The van der Waals surface area contributed by atoms with Crippen molar-refractivity contribution in [3.63, 3.8) is 0 Å². The lowest BCUT2D eigenvalue weighted by Crippen LogP contribution is -1.98. The fraction of sp³-hybridized carbons (Fsp3) is 0.333. The quantitative estimate of drug-likeness (QED) is 0.378. The zero-order chi connectivity index (χ0) is 27.0. The van der Waals surface area contributed by atoms with E-state index in [1.54, 1.807) is 14.1 Å². The third kappa shape index (κ3) is 79.1. The second-order valence-corrected chi connectivity index (χ2v) is 5.69. The average Bonchev–Trinajstić information content (AvgIpc) is 2.94. The molecule has 4 nitrogen and oxygen atoms in total. The molecule has 2 amide bonds. The Bertz CT molecular complexity index is 441. The summed E-state index contributed by atoms with van der Waals surface area (Å²) in [6, 6.07) is 36.0. The summed E-state index contributed by atoms with van der Waals surface area (Å²) in [5, 5.41) is 4.50. The maximum atomic E-state index is 9.06. The molecule has 34 heavy (non-hydrogen) atoms. The summed E-state index contributed by atoms with van der Waals surface area (Å²) >= 11 is 0. The Morgan fingerprint density at radius 1 is 0.412 bits per heavy atom. The number of amides is 2. The smallest absolute Gasteiger partial charge is 0.206 e. The second-order valence-electron chi connectivity index (χ2n) is 5.69. The molecule has 3 aromatic carbocycles. The Hall–Kier alpha value is -3.40. The van der Waals surface area contributed by atoms with E-state index < -0.39 is 0 Å². The topological polar surface area (TPSA) is 58.2 Å². The molecular formula is C30H50N2O2. The lowest BCUT2D eigenvalue weighted by Gasteiger charge is -1.69. The highest BCUT2D eigenvalue weighted by Crippen LogP contribution is 1.81. The molecule has 192 valence electrons. The van der Waals surface area contributed by atoms with E-state index in [4.69, 9.17) is 9.59 Å². The number of benzene rings is 3. The molecule has 3 rings (SSSR count). The summed E-state index contributed by atoms with van der Waals surface area (Å²) in [7, 11) is 3.12. The second kappa shape index (κ2) is 57.1. The van der Waals surface area contributed by atoms with Crippen LogP contribution in [0.25, 0.3) is 0 Å². The minimum Gasteiger partial charge on any atom is -0.362 e. The van der Waals surface area contributed by atoms with Crippen molar-refractivity contribution in [2.45, 2.75) is 54.4 Å². The van der Waals surface area contributed by atoms with Crippen molar-refractivity contribution in [1.82, 2.24) is 10.6 Å². The Morgan fingerprint density at radius 2 is 0.471 bits per heavy atom. The molecule has 0 aliphatic rings. The van der Waals surface area contributed by atoms with E-state index in [0.29, 0.717) is 12.8 Å². The molecule has 0 aromatic heterocycles. The van der Waals surface area contributed by atoms with Crippen LogP contribution in [0.5, 0.6) is 0 Å². The van der Waals surface area contributed by atoms with Crippen LogP contribution in [-0.4, -0.2) is 26.9 Å². The van der Waals surface area contributed by atoms with Gasteiger partial charge in [0.2, 0.25) is 12.8 Å². The molecule has 0 aliphatic heterocycles. The van der Waals surface area contributed by atoms with Crippen molar-refractivity contribution in [2.75, 3.05) is 14.1 Å². The van der Waals surface area contributed by atoms with Crippen molar-refractivity contribution in [3.8, 4) is 0 Å². The van der Waals surface area contributed by atoms with Gasteiger partial charge in [-0.3, -0.25) is 9.59 Å². The predicted octanol–water partition coefficient (Wildman–Crippen LogP) is 7.64. The molecule has 0 heterocycles. The zero-order valence-electron chi connectivity index (χ0n) is 22.8. The van der Waals surface area contributed by atoms with Gasteiger partial charge in [-0.2, -0.15) is 0 Å². The van der Waals surface area contributed by atoms with E-state index >= 15 is 0 Å². The summed E-state index contributed by atoms with van der Waals surface area (Å²) in [6.07, 6.45) is 3.75. The van der Waals surface area contributed by atoms with Gasteiger partial charge in [0.25, 0.3) is 0 Å². The standard InChI is InChI=1S/3C6H6.2C3H8.2C2H5NO.C2H6/c3*1-2-4-6-5-3-1;2*1-3-2;2*1-3-2-4;1-2/h3*1-6H;2*3H2,1-2H3;2*2H,1H3,(H,3,4);1-2H3. The van der Waals surface area contributed by atoms with Gasteiger partial charge in [-0.05, 0) is 0 Å². The van der Waals surface area contributed by atoms with Crippen LogP contribution < -0.4 is 10.6 Å². The third-order valence-electron chi connectivity index (χ3n) is 2.24. The van der Waals surface area contributed by atoms with E-state index in [0.717, 1.165) is 0 Å². The van der Waals surface area contributed by atoms with Crippen LogP contribution in [0.15, 0.2) is 109 Å². The molecular weight excluding hydrogens is 420 g/mol. The minimum absolute atomic E-state index is 0.625. The molecule has 4 heteroatoms. The maximum Gasteiger partial charge on any atom is 0.206 e. The van der Waals surface area contributed by atoms with E-state index in [2.05, 4.69) is 38.3 Å². The number of hydrogen-bond acceptors (Lipinski definition) is 2. The van der Waals surface area contributed by atoms with E-state index in [9.17, 15) is 0 Å². The first-order chi connectivity index (χ1) is 16.7. The molecule has 2 N–H and O–H groups in total. The van der Waals surface area contributed by atoms with Crippen molar-refractivity contribution in [2.24, 2.45) is 0 Å². The molecule has 0 bridgehead atoms. The zero-order valence-corrected chi connectivity index (χ0v) is 22.8. The first-order valence-electron chi connectivity index (χ1n) is 11.9. The molecule has 0 atom stereocenters. The fourth-order valence-corrected chi connectivity index (χ4v) is 1.15. The van der Waals surface area contributed by atoms with E-state index in [-0.39, 0.29) is 0 Å². The molecule has 0 aliphatic carbocycles. The molecule has 0 radical (unpaired) electrons. The highest BCUT2D eigenvalue weighted by atomic mass is 16.1. The van der Waals surface area contributed by atoms with Crippen LogP contribution in [0, 0.1) is 0 Å². The van der Waals surface area contributed by atoms with Gasteiger partial charge in [-0.1, -0.05) is 164 Å². The van der Waals surface area contributed by atoms with E-state index in [1.165, 1.54) is 12.8 Å². The van der Waals surface area contributed by atoms with Gasteiger partial charge in [0, 0.05) is 14.1 Å². The Balaban J connectivity index is -0.0000000970. The van der Waals surface area contributed by atoms with Gasteiger partial charge in [-0.25, -0.2) is 0 Å².